The van der Waals surface area contributed by atoms with Crippen LogP contribution in [0.25, 0.3) is 0 Å². The van der Waals surface area contributed by atoms with Crippen molar-refractivity contribution in [2.45, 2.75) is 25.0 Å². The number of anilines is 1. The molecule has 2 aliphatic rings. The Labute approximate surface area is 156 Å². The average Bonchev–Trinajstić information content (AvgIpc) is 2.62. The molecule has 24 heavy (non-hydrogen) atoms. The zero-order valence-electron chi connectivity index (χ0n) is 13.6. The van der Waals surface area contributed by atoms with Crippen LogP contribution in [-0.2, 0) is 12.8 Å². The van der Waals surface area contributed by atoms with Gasteiger partial charge in [-0.05, 0) is 58.3 Å². The van der Waals surface area contributed by atoms with Gasteiger partial charge in [0.25, 0.3) is 0 Å². The second kappa shape index (κ2) is 6.98. The van der Waals surface area contributed by atoms with Gasteiger partial charge in [0, 0.05) is 48.4 Å². The monoisotopic (exact) mass is 435 g/mol. The van der Waals surface area contributed by atoms with Crippen LogP contribution in [-0.4, -0.2) is 53.3 Å². The fourth-order valence-corrected chi connectivity index (χ4v) is 4.70. The summed E-state index contributed by atoms with van der Waals surface area (Å²) in [4.78, 5) is 9.26. The molecule has 0 saturated carbocycles. The van der Waals surface area contributed by atoms with Crippen LogP contribution < -0.4 is 4.90 Å². The highest BCUT2D eigenvalue weighted by atomic mass is 127. The highest BCUT2D eigenvalue weighted by Gasteiger charge is 2.34. The first-order chi connectivity index (χ1) is 11.7. The molecule has 0 unspecified atom stereocenters. The van der Waals surface area contributed by atoms with E-state index in [1.165, 1.54) is 14.7 Å². The van der Waals surface area contributed by atoms with Crippen molar-refractivity contribution in [2.75, 3.05) is 31.1 Å². The highest BCUT2D eigenvalue weighted by molar-refractivity contribution is 14.1. The smallest absolute Gasteiger partial charge is 0.128 e. The Balaban J connectivity index is 1.45. The number of hydrogen-bond donors (Lipinski definition) is 1. The van der Waals surface area contributed by atoms with E-state index in [0.717, 1.165) is 44.8 Å². The summed E-state index contributed by atoms with van der Waals surface area (Å²) in [6.45, 7) is 3.91. The zero-order valence-corrected chi connectivity index (χ0v) is 15.8. The number of hydrogen-bond acceptors (Lipinski definition) is 4. The van der Waals surface area contributed by atoms with Crippen molar-refractivity contribution >= 4 is 28.4 Å². The normalized spacial score (nSPS) is 24.7. The number of benzene rings is 1. The van der Waals surface area contributed by atoms with Crippen LogP contribution in [0.1, 0.15) is 11.1 Å². The summed E-state index contributed by atoms with van der Waals surface area (Å²) >= 11 is 2.43. The van der Waals surface area contributed by atoms with Crippen molar-refractivity contribution in [3.63, 3.8) is 0 Å². The predicted molar refractivity (Wildman–Crippen MR) is 104 cm³/mol. The van der Waals surface area contributed by atoms with Crippen molar-refractivity contribution < 1.29 is 5.11 Å². The van der Waals surface area contributed by atoms with Gasteiger partial charge in [0.2, 0.25) is 0 Å². The van der Waals surface area contributed by atoms with E-state index >= 15 is 0 Å². The van der Waals surface area contributed by atoms with E-state index in [9.17, 15) is 5.11 Å². The van der Waals surface area contributed by atoms with E-state index in [1.54, 1.807) is 0 Å². The minimum absolute atomic E-state index is 0.235. The Bertz CT molecular complexity index is 701. The van der Waals surface area contributed by atoms with Gasteiger partial charge < -0.3 is 10.0 Å². The molecular weight excluding hydrogens is 413 g/mol. The number of aliphatic hydroxyl groups excluding tert-OH is 1. The van der Waals surface area contributed by atoms with Crippen LogP contribution in [0.5, 0.6) is 0 Å². The maximum absolute atomic E-state index is 10.7. The van der Waals surface area contributed by atoms with Crippen LogP contribution in [0.2, 0.25) is 0 Å². The molecule has 5 heteroatoms. The SMILES string of the molecule is O[C@H]1Cc2cccc(I)c2C[C@@H]1N1CCN(c2ccccn2)CC1. The van der Waals surface area contributed by atoms with Gasteiger partial charge in [0.1, 0.15) is 5.82 Å². The highest BCUT2D eigenvalue weighted by Crippen LogP contribution is 2.29. The molecule has 126 valence electrons. The Morgan fingerprint density at radius 2 is 1.83 bits per heavy atom. The molecule has 4 rings (SSSR count). The minimum Gasteiger partial charge on any atom is -0.391 e. The van der Waals surface area contributed by atoms with Gasteiger partial charge in [-0.2, -0.15) is 0 Å². The van der Waals surface area contributed by atoms with Crippen molar-refractivity contribution in [2.24, 2.45) is 0 Å². The topological polar surface area (TPSA) is 39.6 Å². The molecule has 0 spiro atoms. The Kier molecular flexibility index (Phi) is 4.74. The van der Waals surface area contributed by atoms with Gasteiger partial charge in [-0.25, -0.2) is 4.98 Å². The molecule has 1 fully saturated rings. The molecule has 1 aliphatic carbocycles. The summed E-state index contributed by atoms with van der Waals surface area (Å²) in [6, 6.07) is 12.7. The second-order valence-corrected chi connectivity index (χ2v) is 7.79. The number of rotatable bonds is 2. The lowest BCUT2D eigenvalue weighted by molar-refractivity contribution is 0.0393. The summed E-state index contributed by atoms with van der Waals surface area (Å²) in [5, 5.41) is 10.7. The molecular formula is C19H22IN3O. The molecule has 0 amide bonds. The fourth-order valence-electron chi connectivity index (χ4n) is 3.93. The van der Waals surface area contributed by atoms with E-state index < -0.39 is 0 Å². The number of aromatic nitrogens is 1. The molecule has 1 aromatic carbocycles. The van der Waals surface area contributed by atoms with Crippen LogP contribution in [0.15, 0.2) is 42.6 Å². The third-order valence-corrected chi connectivity index (χ3v) is 6.27. The summed E-state index contributed by atoms with van der Waals surface area (Å²) < 4.78 is 1.33. The van der Waals surface area contributed by atoms with Gasteiger partial charge in [-0.3, -0.25) is 4.90 Å². The third kappa shape index (κ3) is 3.17. The van der Waals surface area contributed by atoms with Gasteiger partial charge in [-0.1, -0.05) is 18.2 Å². The first kappa shape index (κ1) is 16.3. The molecule has 2 heterocycles. The number of fused-ring (bicyclic) bond motifs is 1. The lowest BCUT2D eigenvalue weighted by atomic mass is 9.85. The number of nitrogens with zero attached hydrogens (tertiary/aromatic N) is 3. The maximum atomic E-state index is 10.7. The van der Waals surface area contributed by atoms with E-state index in [-0.39, 0.29) is 12.1 Å². The Morgan fingerprint density at radius 1 is 1.00 bits per heavy atom. The lowest BCUT2D eigenvalue weighted by Gasteiger charge is -2.43. The number of pyridine rings is 1. The zero-order chi connectivity index (χ0) is 16.5. The molecule has 4 nitrogen and oxygen atoms in total. The second-order valence-electron chi connectivity index (χ2n) is 6.63. The number of halogens is 1. The van der Waals surface area contributed by atoms with Gasteiger partial charge >= 0.3 is 0 Å². The van der Waals surface area contributed by atoms with E-state index in [0.29, 0.717) is 0 Å². The van der Waals surface area contributed by atoms with Crippen molar-refractivity contribution in [3.05, 3.63) is 57.3 Å². The minimum atomic E-state index is -0.267. The predicted octanol–water partition coefficient (Wildman–Crippen LogP) is 2.34. The summed E-state index contributed by atoms with van der Waals surface area (Å²) in [5.74, 6) is 1.06. The number of piperazine rings is 1. The summed E-state index contributed by atoms with van der Waals surface area (Å²) in [6.07, 6.45) is 3.32. The summed E-state index contributed by atoms with van der Waals surface area (Å²) in [5.41, 5.74) is 2.75. The van der Waals surface area contributed by atoms with Crippen LogP contribution in [0.4, 0.5) is 5.82 Å². The Hall–Kier alpha value is -1.18. The van der Waals surface area contributed by atoms with Gasteiger partial charge in [-0.15, -0.1) is 0 Å². The molecule has 1 N–H and O–H groups in total. The quantitative estimate of drug-likeness (QED) is 0.736. The molecule has 2 aromatic rings. The van der Waals surface area contributed by atoms with Crippen LogP contribution in [0, 0.1) is 3.57 Å². The van der Waals surface area contributed by atoms with Crippen LogP contribution in [0.3, 0.4) is 0 Å². The lowest BCUT2D eigenvalue weighted by Crippen LogP contribution is -2.56. The van der Waals surface area contributed by atoms with Crippen molar-refractivity contribution in [1.29, 1.82) is 0 Å². The maximum Gasteiger partial charge on any atom is 0.128 e. The Morgan fingerprint density at radius 3 is 2.58 bits per heavy atom. The third-order valence-electron chi connectivity index (χ3n) is 5.26. The molecule has 1 saturated heterocycles. The van der Waals surface area contributed by atoms with E-state index in [1.807, 2.05) is 18.3 Å². The standard InChI is InChI=1S/C19H22IN3O/c20-16-5-3-4-14-12-18(24)17(13-15(14)16)22-8-10-23(11-9-22)19-6-1-2-7-21-19/h1-7,17-18,24H,8-13H2/t17-,18-/m0/s1. The fraction of sp³-hybridized carbons (Fsp3) is 0.421. The first-order valence-electron chi connectivity index (χ1n) is 8.57. The first-order valence-corrected chi connectivity index (χ1v) is 9.64. The number of aliphatic hydroxyl groups is 1. The largest absolute Gasteiger partial charge is 0.391 e. The van der Waals surface area contributed by atoms with E-state index in [4.69, 9.17) is 0 Å². The summed E-state index contributed by atoms with van der Waals surface area (Å²) in [7, 11) is 0. The van der Waals surface area contributed by atoms with Gasteiger partial charge in [0.15, 0.2) is 0 Å². The van der Waals surface area contributed by atoms with Crippen LogP contribution >= 0.6 is 22.6 Å². The molecule has 1 aromatic heterocycles. The van der Waals surface area contributed by atoms with Crippen molar-refractivity contribution in [3.8, 4) is 0 Å². The average molecular weight is 435 g/mol. The van der Waals surface area contributed by atoms with Gasteiger partial charge in [0.05, 0.1) is 6.10 Å². The van der Waals surface area contributed by atoms with Crippen molar-refractivity contribution in [1.82, 2.24) is 9.88 Å². The molecule has 0 bridgehead atoms. The molecule has 1 aliphatic heterocycles. The molecule has 0 radical (unpaired) electrons. The van der Waals surface area contributed by atoms with E-state index in [2.05, 4.69) is 61.6 Å². The molecule has 2 atom stereocenters.